The predicted octanol–water partition coefficient (Wildman–Crippen LogP) is 3.97. The summed E-state index contributed by atoms with van der Waals surface area (Å²) in [5.74, 6) is -0.295. The predicted molar refractivity (Wildman–Crippen MR) is 98.9 cm³/mol. The Labute approximate surface area is 151 Å². The summed E-state index contributed by atoms with van der Waals surface area (Å²) >= 11 is 6.16. The second-order valence-corrected chi connectivity index (χ2v) is 6.57. The molecule has 1 fully saturated rings. The first-order chi connectivity index (χ1) is 11.8. The van der Waals surface area contributed by atoms with Gasteiger partial charge in [-0.2, -0.15) is 0 Å². The zero-order valence-electron chi connectivity index (χ0n) is 14.7. The Kier molecular flexibility index (Phi) is 4.43. The van der Waals surface area contributed by atoms with Crippen molar-refractivity contribution < 1.29 is 9.59 Å². The maximum Gasteiger partial charge on any atom is 0.328 e. The number of amides is 3. The van der Waals surface area contributed by atoms with Crippen LogP contribution in [0.5, 0.6) is 0 Å². The minimum Gasteiger partial charge on any atom is -0.318 e. The number of halogens is 1. The number of urea groups is 1. The Morgan fingerprint density at radius 2 is 1.88 bits per heavy atom. The van der Waals surface area contributed by atoms with E-state index in [9.17, 15) is 9.59 Å². The highest BCUT2D eigenvalue weighted by Gasteiger charge is 2.32. The van der Waals surface area contributed by atoms with Crippen molar-refractivity contribution in [1.82, 2.24) is 14.8 Å². The quantitative estimate of drug-likeness (QED) is 0.667. The molecule has 0 spiro atoms. The molecule has 1 aliphatic heterocycles. The first-order valence-corrected chi connectivity index (χ1v) is 8.51. The zero-order chi connectivity index (χ0) is 18.3. The molecule has 1 saturated heterocycles. The lowest BCUT2D eigenvalue weighted by atomic mass is 10.2. The lowest BCUT2D eigenvalue weighted by molar-refractivity contribution is -0.122. The first kappa shape index (κ1) is 17.3. The molecule has 1 aliphatic rings. The third-order valence-corrected chi connectivity index (χ3v) is 4.70. The van der Waals surface area contributed by atoms with Crippen molar-refractivity contribution >= 4 is 29.6 Å². The van der Waals surface area contributed by atoms with Crippen LogP contribution >= 0.6 is 11.6 Å². The minimum absolute atomic E-state index is 0.295. The van der Waals surface area contributed by atoms with Gasteiger partial charge < -0.3 is 9.88 Å². The molecule has 2 heterocycles. The summed E-state index contributed by atoms with van der Waals surface area (Å²) in [6, 6.07) is 7.39. The SMILES string of the molecule is CCN1C(=O)N/C(=C/c2cc(C)n(-c3cc(Cl)ccc3C)c2C)C1=O. The van der Waals surface area contributed by atoms with Crippen molar-refractivity contribution in [3.63, 3.8) is 0 Å². The molecule has 5 nitrogen and oxygen atoms in total. The zero-order valence-corrected chi connectivity index (χ0v) is 15.4. The van der Waals surface area contributed by atoms with Gasteiger partial charge in [0.15, 0.2) is 0 Å². The molecule has 3 rings (SSSR count). The summed E-state index contributed by atoms with van der Waals surface area (Å²) in [6.45, 7) is 8.14. The average molecular weight is 358 g/mol. The molecule has 25 heavy (non-hydrogen) atoms. The van der Waals surface area contributed by atoms with Crippen molar-refractivity contribution in [1.29, 1.82) is 0 Å². The van der Waals surface area contributed by atoms with Gasteiger partial charge in [-0.3, -0.25) is 9.69 Å². The number of carbonyl (C=O) groups is 2. The van der Waals surface area contributed by atoms with Crippen molar-refractivity contribution in [2.75, 3.05) is 6.54 Å². The van der Waals surface area contributed by atoms with Crippen molar-refractivity contribution in [2.24, 2.45) is 0 Å². The third-order valence-electron chi connectivity index (χ3n) is 4.46. The maximum atomic E-state index is 12.3. The Morgan fingerprint density at radius 1 is 1.16 bits per heavy atom. The van der Waals surface area contributed by atoms with E-state index in [1.807, 2.05) is 45.0 Å². The fraction of sp³-hybridized carbons (Fsp3) is 0.263. The van der Waals surface area contributed by atoms with Crippen LogP contribution in [0.15, 0.2) is 30.0 Å². The number of aromatic nitrogens is 1. The molecule has 0 radical (unpaired) electrons. The molecule has 0 atom stereocenters. The van der Waals surface area contributed by atoms with Crippen molar-refractivity contribution in [3.05, 3.63) is 57.5 Å². The molecule has 6 heteroatoms. The van der Waals surface area contributed by atoms with E-state index in [0.29, 0.717) is 17.3 Å². The number of nitrogens with zero attached hydrogens (tertiary/aromatic N) is 2. The highest BCUT2D eigenvalue weighted by molar-refractivity contribution is 6.30. The molecule has 1 aromatic carbocycles. The Bertz CT molecular complexity index is 912. The van der Waals surface area contributed by atoms with E-state index < -0.39 is 0 Å². The van der Waals surface area contributed by atoms with E-state index in [1.54, 1.807) is 13.0 Å². The summed E-state index contributed by atoms with van der Waals surface area (Å²) in [7, 11) is 0. The van der Waals surface area contributed by atoms with Gasteiger partial charge in [0.1, 0.15) is 5.70 Å². The molecule has 0 aliphatic carbocycles. The second-order valence-electron chi connectivity index (χ2n) is 6.13. The summed E-state index contributed by atoms with van der Waals surface area (Å²) in [4.78, 5) is 25.3. The molecule has 0 saturated carbocycles. The van der Waals surface area contributed by atoms with Gasteiger partial charge in [0.2, 0.25) is 0 Å². The summed E-state index contributed by atoms with van der Waals surface area (Å²) in [5.41, 5.74) is 5.30. The first-order valence-electron chi connectivity index (χ1n) is 8.13. The van der Waals surface area contributed by atoms with E-state index in [0.717, 1.165) is 28.2 Å². The standard InChI is InChI=1S/C19H20ClN3O2/c1-5-22-18(24)16(21-19(22)25)9-14-8-12(3)23(13(14)4)17-10-15(20)7-6-11(17)2/h6-10H,5H2,1-4H3,(H,21,25)/b16-9+. The number of benzene rings is 1. The van der Waals surface area contributed by atoms with Crippen LogP contribution in [0.4, 0.5) is 4.79 Å². The molecule has 1 N–H and O–H groups in total. The molecule has 2 aromatic rings. The van der Waals surface area contributed by atoms with E-state index in [4.69, 9.17) is 11.6 Å². The maximum absolute atomic E-state index is 12.3. The van der Waals surface area contributed by atoms with Crippen LogP contribution in [-0.4, -0.2) is 28.0 Å². The van der Waals surface area contributed by atoms with Crippen LogP contribution in [0, 0.1) is 20.8 Å². The van der Waals surface area contributed by atoms with Crippen LogP contribution in [-0.2, 0) is 4.79 Å². The fourth-order valence-electron chi connectivity index (χ4n) is 3.14. The van der Waals surface area contributed by atoms with Crippen LogP contribution in [0.25, 0.3) is 11.8 Å². The lowest BCUT2D eigenvalue weighted by Crippen LogP contribution is -2.30. The van der Waals surface area contributed by atoms with Crippen LogP contribution < -0.4 is 5.32 Å². The van der Waals surface area contributed by atoms with Gasteiger partial charge in [-0.05, 0) is 63.1 Å². The van der Waals surface area contributed by atoms with Crippen LogP contribution in [0.1, 0.15) is 29.4 Å². The van der Waals surface area contributed by atoms with Gasteiger partial charge in [-0.15, -0.1) is 0 Å². The monoisotopic (exact) mass is 357 g/mol. The number of likely N-dealkylation sites (N-methyl/N-ethyl adjacent to an activating group) is 1. The number of imide groups is 1. The molecule has 0 unspecified atom stereocenters. The molecular weight excluding hydrogens is 338 g/mol. The van der Waals surface area contributed by atoms with Gasteiger partial charge in [0, 0.05) is 28.6 Å². The topological polar surface area (TPSA) is 54.3 Å². The van der Waals surface area contributed by atoms with Gasteiger partial charge >= 0.3 is 6.03 Å². The number of nitrogens with one attached hydrogen (secondary N) is 1. The highest BCUT2D eigenvalue weighted by Crippen LogP contribution is 2.27. The number of hydrogen-bond acceptors (Lipinski definition) is 2. The largest absolute Gasteiger partial charge is 0.328 e. The number of carbonyl (C=O) groups excluding carboxylic acids is 2. The van der Waals surface area contributed by atoms with Crippen LogP contribution in [0.2, 0.25) is 5.02 Å². The van der Waals surface area contributed by atoms with E-state index in [2.05, 4.69) is 9.88 Å². The Hall–Kier alpha value is -2.53. The fourth-order valence-corrected chi connectivity index (χ4v) is 3.31. The number of aryl methyl sites for hydroxylation is 2. The third kappa shape index (κ3) is 2.96. The summed E-state index contributed by atoms with van der Waals surface area (Å²) in [5, 5.41) is 3.31. The molecular formula is C19H20ClN3O2. The van der Waals surface area contributed by atoms with Crippen molar-refractivity contribution in [2.45, 2.75) is 27.7 Å². The van der Waals surface area contributed by atoms with Crippen LogP contribution in [0.3, 0.4) is 0 Å². The highest BCUT2D eigenvalue weighted by atomic mass is 35.5. The average Bonchev–Trinajstić information content (AvgIpc) is 2.98. The summed E-state index contributed by atoms with van der Waals surface area (Å²) in [6.07, 6.45) is 1.73. The number of hydrogen-bond donors (Lipinski definition) is 1. The van der Waals surface area contributed by atoms with Crippen molar-refractivity contribution in [3.8, 4) is 5.69 Å². The second kappa shape index (κ2) is 6.41. The summed E-state index contributed by atoms with van der Waals surface area (Å²) < 4.78 is 2.10. The Balaban J connectivity index is 2.07. The van der Waals surface area contributed by atoms with E-state index in [1.165, 1.54) is 4.90 Å². The van der Waals surface area contributed by atoms with E-state index >= 15 is 0 Å². The molecule has 0 bridgehead atoms. The van der Waals surface area contributed by atoms with Gasteiger partial charge in [0.25, 0.3) is 5.91 Å². The molecule has 1 aromatic heterocycles. The minimum atomic E-state index is -0.377. The molecule has 3 amide bonds. The van der Waals surface area contributed by atoms with Gasteiger partial charge in [-0.25, -0.2) is 4.79 Å². The van der Waals surface area contributed by atoms with E-state index in [-0.39, 0.29) is 11.9 Å². The Morgan fingerprint density at radius 3 is 2.52 bits per heavy atom. The van der Waals surface area contributed by atoms with Gasteiger partial charge in [-0.1, -0.05) is 17.7 Å². The molecule has 130 valence electrons. The smallest absolute Gasteiger partial charge is 0.318 e. The normalized spacial score (nSPS) is 16.0. The van der Waals surface area contributed by atoms with Gasteiger partial charge in [0.05, 0.1) is 0 Å². The number of rotatable bonds is 3. The lowest BCUT2D eigenvalue weighted by Gasteiger charge is -2.13.